The maximum atomic E-state index is 11.9. The van der Waals surface area contributed by atoms with Crippen LogP contribution in [0.4, 0.5) is 0 Å². The van der Waals surface area contributed by atoms with Gasteiger partial charge in [0, 0.05) is 17.5 Å². The van der Waals surface area contributed by atoms with Crippen molar-refractivity contribution < 1.29 is 9.90 Å². The number of carbonyl (C=O) groups is 1. The molecule has 2 N–H and O–H groups in total. The van der Waals surface area contributed by atoms with Gasteiger partial charge in [0.15, 0.2) is 0 Å². The SMILES string of the molecule is CCC1(C(O)c2ccc3c(c2)C(=O)NCC3)CCCC1. The van der Waals surface area contributed by atoms with Crippen LogP contribution in [0, 0.1) is 5.41 Å². The van der Waals surface area contributed by atoms with E-state index in [0.29, 0.717) is 6.54 Å². The number of hydrogen-bond acceptors (Lipinski definition) is 2. The van der Waals surface area contributed by atoms with Gasteiger partial charge in [-0.3, -0.25) is 4.79 Å². The third-order valence-electron chi connectivity index (χ3n) is 5.26. The molecule has 1 aromatic carbocycles. The lowest BCUT2D eigenvalue weighted by molar-refractivity contribution is 0.0237. The zero-order valence-electron chi connectivity index (χ0n) is 12.1. The third-order valence-corrected chi connectivity index (χ3v) is 5.26. The Bertz CT molecular complexity index is 518. The van der Waals surface area contributed by atoms with E-state index in [9.17, 15) is 9.90 Å². The number of aliphatic hydroxyl groups excluding tert-OH is 1. The quantitative estimate of drug-likeness (QED) is 0.889. The Hall–Kier alpha value is -1.35. The molecule has 0 aromatic heterocycles. The predicted octanol–water partition coefficient (Wildman–Crippen LogP) is 2.98. The molecule has 3 rings (SSSR count). The van der Waals surface area contributed by atoms with Gasteiger partial charge in [-0.1, -0.05) is 31.9 Å². The van der Waals surface area contributed by atoms with Gasteiger partial charge in [-0.25, -0.2) is 0 Å². The standard InChI is InChI=1S/C17H23NO2/c1-2-17(8-3-4-9-17)15(19)13-6-5-12-7-10-18-16(20)14(12)11-13/h5-6,11,15,19H,2-4,7-10H2,1H3,(H,18,20). The summed E-state index contributed by atoms with van der Waals surface area (Å²) in [4.78, 5) is 11.9. The summed E-state index contributed by atoms with van der Waals surface area (Å²) in [6, 6.07) is 5.94. The van der Waals surface area contributed by atoms with E-state index in [-0.39, 0.29) is 11.3 Å². The number of carbonyl (C=O) groups excluding carboxylic acids is 1. The Balaban J connectivity index is 1.94. The van der Waals surface area contributed by atoms with Crippen molar-refractivity contribution in [1.82, 2.24) is 5.32 Å². The van der Waals surface area contributed by atoms with E-state index in [4.69, 9.17) is 0 Å². The molecule has 3 heteroatoms. The Morgan fingerprint density at radius 3 is 2.80 bits per heavy atom. The molecule has 0 radical (unpaired) electrons. The molecule has 1 aliphatic carbocycles. The molecule has 1 saturated carbocycles. The second-order valence-electron chi connectivity index (χ2n) is 6.25. The number of amides is 1. The minimum Gasteiger partial charge on any atom is -0.388 e. The van der Waals surface area contributed by atoms with E-state index >= 15 is 0 Å². The van der Waals surface area contributed by atoms with Crippen molar-refractivity contribution in [3.05, 3.63) is 34.9 Å². The number of fused-ring (bicyclic) bond motifs is 1. The highest BCUT2D eigenvalue weighted by molar-refractivity contribution is 5.96. The lowest BCUT2D eigenvalue weighted by Gasteiger charge is -2.34. The summed E-state index contributed by atoms with van der Waals surface area (Å²) in [5.41, 5.74) is 2.77. The van der Waals surface area contributed by atoms with Crippen LogP contribution in [0.1, 0.15) is 66.6 Å². The largest absolute Gasteiger partial charge is 0.388 e. The summed E-state index contributed by atoms with van der Waals surface area (Å²) in [7, 11) is 0. The average Bonchev–Trinajstić information content (AvgIpc) is 2.97. The first-order valence-corrected chi connectivity index (χ1v) is 7.75. The fraction of sp³-hybridized carbons (Fsp3) is 0.588. The van der Waals surface area contributed by atoms with E-state index in [1.165, 1.54) is 12.8 Å². The average molecular weight is 273 g/mol. The first-order chi connectivity index (χ1) is 9.66. The second kappa shape index (κ2) is 5.21. The fourth-order valence-electron chi connectivity index (χ4n) is 3.85. The van der Waals surface area contributed by atoms with Gasteiger partial charge in [-0.2, -0.15) is 0 Å². The number of benzene rings is 1. The lowest BCUT2D eigenvalue weighted by atomic mass is 9.75. The van der Waals surface area contributed by atoms with Crippen LogP contribution >= 0.6 is 0 Å². The molecular formula is C17H23NO2. The first-order valence-electron chi connectivity index (χ1n) is 7.75. The lowest BCUT2D eigenvalue weighted by Crippen LogP contribution is -2.32. The van der Waals surface area contributed by atoms with Crippen LogP contribution in [0.3, 0.4) is 0 Å². The minimum absolute atomic E-state index is 0.00253. The molecule has 2 aliphatic rings. The van der Waals surface area contributed by atoms with Crippen LogP contribution in [-0.4, -0.2) is 17.6 Å². The molecule has 0 bridgehead atoms. The first kappa shape index (κ1) is 13.6. The summed E-state index contributed by atoms with van der Waals surface area (Å²) in [6.07, 6.45) is 6.03. The van der Waals surface area contributed by atoms with E-state index < -0.39 is 6.10 Å². The van der Waals surface area contributed by atoms with Crippen molar-refractivity contribution in [2.24, 2.45) is 5.41 Å². The van der Waals surface area contributed by atoms with Gasteiger partial charge < -0.3 is 10.4 Å². The maximum Gasteiger partial charge on any atom is 0.251 e. The fourth-order valence-corrected chi connectivity index (χ4v) is 3.85. The summed E-state index contributed by atoms with van der Waals surface area (Å²) in [6.45, 7) is 2.88. The molecule has 108 valence electrons. The van der Waals surface area contributed by atoms with Crippen LogP contribution in [0.25, 0.3) is 0 Å². The minimum atomic E-state index is -0.449. The van der Waals surface area contributed by atoms with Crippen LogP contribution < -0.4 is 5.32 Å². The number of nitrogens with one attached hydrogen (secondary N) is 1. The highest BCUT2D eigenvalue weighted by Gasteiger charge is 2.39. The Morgan fingerprint density at radius 2 is 2.10 bits per heavy atom. The van der Waals surface area contributed by atoms with Gasteiger partial charge >= 0.3 is 0 Å². The Labute approximate surface area is 120 Å². The summed E-state index contributed by atoms with van der Waals surface area (Å²) >= 11 is 0. The van der Waals surface area contributed by atoms with Gasteiger partial charge in [-0.15, -0.1) is 0 Å². The van der Waals surface area contributed by atoms with Crippen LogP contribution in [0.15, 0.2) is 18.2 Å². The Morgan fingerprint density at radius 1 is 1.35 bits per heavy atom. The molecule has 1 atom stereocenters. The number of rotatable bonds is 3. The monoisotopic (exact) mass is 273 g/mol. The molecule has 3 nitrogen and oxygen atoms in total. The van der Waals surface area contributed by atoms with Crippen molar-refractivity contribution in [2.75, 3.05) is 6.54 Å². The van der Waals surface area contributed by atoms with E-state index in [0.717, 1.165) is 42.4 Å². The number of aliphatic hydroxyl groups is 1. The molecule has 20 heavy (non-hydrogen) atoms. The van der Waals surface area contributed by atoms with Crippen molar-refractivity contribution in [2.45, 2.75) is 51.6 Å². The predicted molar refractivity (Wildman–Crippen MR) is 78.6 cm³/mol. The third kappa shape index (κ3) is 2.14. The van der Waals surface area contributed by atoms with Crippen LogP contribution in [-0.2, 0) is 6.42 Å². The van der Waals surface area contributed by atoms with Crippen molar-refractivity contribution in [3.8, 4) is 0 Å². The summed E-state index contributed by atoms with van der Waals surface area (Å²) in [5.74, 6) is -0.00253. The van der Waals surface area contributed by atoms with Gasteiger partial charge in [-0.05, 0) is 42.9 Å². The van der Waals surface area contributed by atoms with E-state index in [1.807, 2.05) is 18.2 Å². The molecule has 1 aliphatic heterocycles. The molecule has 1 amide bonds. The van der Waals surface area contributed by atoms with Crippen molar-refractivity contribution in [1.29, 1.82) is 0 Å². The highest BCUT2D eigenvalue weighted by Crippen LogP contribution is 2.50. The summed E-state index contributed by atoms with van der Waals surface area (Å²) in [5, 5.41) is 13.7. The normalized spacial score (nSPS) is 22.2. The van der Waals surface area contributed by atoms with E-state index in [2.05, 4.69) is 12.2 Å². The van der Waals surface area contributed by atoms with Crippen LogP contribution in [0.5, 0.6) is 0 Å². The highest BCUT2D eigenvalue weighted by atomic mass is 16.3. The topological polar surface area (TPSA) is 49.3 Å². The van der Waals surface area contributed by atoms with Gasteiger partial charge in [0.1, 0.15) is 0 Å². The zero-order chi connectivity index (χ0) is 14.2. The van der Waals surface area contributed by atoms with Gasteiger partial charge in [0.05, 0.1) is 6.10 Å². The van der Waals surface area contributed by atoms with Gasteiger partial charge in [0.2, 0.25) is 0 Å². The van der Waals surface area contributed by atoms with Crippen molar-refractivity contribution >= 4 is 5.91 Å². The molecule has 1 heterocycles. The number of hydrogen-bond donors (Lipinski definition) is 2. The molecule has 1 unspecified atom stereocenters. The second-order valence-corrected chi connectivity index (χ2v) is 6.25. The zero-order valence-corrected chi connectivity index (χ0v) is 12.1. The molecule has 0 saturated heterocycles. The maximum absolute atomic E-state index is 11.9. The molecular weight excluding hydrogens is 250 g/mol. The molecule has 1 fully saturated rings. The summed E-state index contributed by atoms with van der Waals surface area (Å²) < 4.78 is 0. The smallest absolute Gasteiger partial charge is 0.251 e. The molecule has 1 aromatic rings. The van der Waals surface area contributed by atoms with E-state index in [1.54, 1.807) is 0 Å². The Kier molecular flexibility index (Phi) is 3.55. The van der Waals surface area contributed by atoms with Crippen LogP contribution in [0.2, 0.25) is 0 Å². The van der Waals surface area contributed by atoms with Crippen molar-refractivity contribution in [3.63, 3.8) is 0 Å². The molecule has 0 spiro atoms. The van der Waals surface area contributed by atoms with Gasteiger partial charge in [0.25, 0.3) is 5.91 Å².